The van der Waals surface area contributed by atoms with Crippen LogP contribution in [-0.2, 0) is 0 Å². The maximum atomic E-state index is 8.94. The molecule has 108 valence electrons. The minimum atomic E-state index is 0.277. The summed E-state index contributed by atoms with van der Waals surface area (Å²) >= 11 is 0. The lowest BCUT2D eigenvalue weighted by Crippen LogP contribution is -2.35. The minimum Gasteiger partial charge on any atom is -0.396 e. The van der Waals surface area contributed by atoms with Gasteiger partial charge in [0.25, 0.3) is 0 Å². The van der Waals surface area contributed by atoms with Gasteiger partial charge in [-0.05, 0) is 31.5 Å². The van der Waals surface area contributed by atoms with Crippen LogP contribution in [0.1, 0.15) is 31.9 Å². The Bertz CT molecular complexity index is 329. The number of nitrogens with zero attached hydrogens (tertiary/aromatic N) is 1. The van der Waals surface area contributed by atoms with Gasteiger partial charge in [0.05, 0.1) is 0 Å². The second-order valence-corrected chi connectivity index (χ2v) is 5.12. The highest BCUT2D eigenvalue weighted by Crippen LogP contribution is 2.22. The predicted molar refractivity (Wildman–Crippen MR) is 81.2 cm³/mol. The molecule has 2 N–H and O–H groups in total. The fourth-order valence-electron chi connectivity index (χ4n) is 2.63. The topological polar surface area (TPSA) is 35.5 Å². The van der Waals surface area contributed by atoms with E-state index in [2.05, 4.69) is 54.4 Å². The van der Waals surface area contributed by atoms with Crippen LogP contribution in [0.3, 0.4) is 0 Å². The number of aliphatic hydroxyl groups excluding tert-OH is 1. The van der Waals surface area contributed by atoms with Crippen LogP contribution < -0.4 is 5.32 Å². The molecule has 0 spiro atoms. The van der Waals surface area contributed by atoms with Gasteiger partial charge in [-0.15, -0.1) is 0 Å². The van der Waals surface area contributed by atoms with Gasteiger partial charge in [0.15, 0.2) is 0 Å². The number of hydrogen-bond acceptors (Lipinski definition) is 3. The van der Waals surface area contributed by atoms with E-state index in [1.54, 1.807) is 0 Å². The first-order valence-electron chi connectivity index (χ1n) is 7.28. The highest BCUT2D eigenvalue weighted by atomic mass is 16.3. The van der Waals surface area contributed by atoms with Crippen LogP contribution in [0.15, 0.2) is 30.3 Å². The van der Waals surface area contributed by atoms with Crippen molar-refractivity contribution in [2.24, 2.45) is 5.92 Å². The monoisotopic (exact) mass is 264 g/mol. The summed E-state index contributed by atoms with van der Waals surface area (Å²) in [5, 5.41) is 12.4. The largest absolute Gasteiger partial charge is 0.396 e. The van der Waals surface area contributed by atoms with Gasteiger partial charge >= 0.3 is 0 Å². The molecule has 1 rings (SSSR count). The van der Waals surface area contributed by atoms with E-state index >= 15 is 0 Å². The Labute approximate surface area is 117 Å². The van der Waals surface area contributed by atoms with Crippen molar-refractivity contribution in [1.29, 1.82) is 0 Å². The molecule has 0 aliphatic carbocycles. The van der Waals surface area contributed by atoms with Crippen LogP contribution in [0.4, 0.5) is 0 Å². The predicted octanol–water partition coefficient (Wildman–Crippen LogP) is 2.29. The number of rotatable bonds is 9. The van der Waals surface area contributed by atoms with Gasteiger partial charge in [0.1, 0.15) is 0 Å². The molecule has 0 aromatic heterocycles. The van der Waals surface area contributed by atoms with Crippen molar-refractivity contribution in [3.63, 3.8) is 0 Å². The Morgan fingerprint density at radius 3 is 2.47 bits per heavy atom. The standard InChI is InChI=1S/C16H28N2O/c1-4-18(11-8-12-19)13-14(2)16(17-3)15-9-6-5-7-10-15/h5-7,9-10,14,16-17,19H,4,8,11-13H2,1-3H3. The van der Waals surface area contributed by atoms with E-state index in [-0.39, 0.29) is 6.61 Å². The molecule has 1 aromatic carbocycles. The van der Waals surface area contributed by atoms with E-state index in [9.17, 15) is 0 Å². The Balaban J connectivity index is 2.60. The summed E-state index contributed by atoms with van der Waals surface area (Å²) in [5.41, 5.74) is 1.34. The zero-order chi connectivity index (χ0) is 14.1. The van der Waals surface area contributed by atoms with Crippen LogP contribution in [0, 0.1) is 5.92 Å². The van der Waals surface area contributed by atoms with Gasteiger partial charge in [-0.25, -0.2) is 0 Å². The Hall–Kier alpha value is -0.900. The van der Waals surface area contributed by atoms with E-state index in [1.807, 2.05) is 7.05 Å². The average Bonchev–Trinajstić information content (AvgIpc) is 2.45. The number of aliphatic hydroxyl groups is 1. The molecule has 1 aromatic rings. The summed E-state index contributed by atoms with van der Waals surface area (Å²) in [4.78, 5) is 2.41. The molecule has 3 heteroatoms. The van der Waals surface area contributed by atoms with Crippen molar-refractivity contribution in [2.45, 2.75) is 26.3 Å². The van der Waals surface area contributed by atoms with E-state index in [4.69, 9.17) is 5.11 Å². The third kappa shape index (κ3) is 5.31. The molecule has 0 aliphatic heterocycles. The molecule has 0 radical (unpaired) electrons. The van der Waals surface area contributed by atoms with Crippen LogP contribution in [0.5, 0.6) is 0 Å². The molecule has 3 nitrogen and oxygen atoms in total. The quantitative estimate of drug-likeness (QED) is 0.718. The Kier molecular flexibility index (Phi) is 7.72. The van der Waals surface area contributed by atoms with Crippen molar-refractivity contribution in [3.05, 3.63) is 35.9 Å². The molecule has 0 heterocycles. The van der Waals surface area contributed by atoms with Crippen LogP contribution >= 0.6 is 0 Å². The smallest absolute Gasteiger partial charge is 0.0443 e. The highest BCUT2D eigenvalue weighted by molar-refractivity contribution is 5.19. The summed E-state index contributed by atoms with van der Waals surface area (Å²) in [7, 11) is 2.03. The van der Waals surface area contributed by atoms with E-state index in [1.165, 1.54) is 5.56 Å². The first-order valence-corrected chi connectivity index (χ1v) is 7.28. The maximum Gasteiger partial charge on any atom is 0.0443 e. The summed E-state index contributed by atoms with van der Waals surface area (Å²) in [6.45, 7) is 7.81. The van der Waals surface area contributed by atoms with E-state index < -0.39 is 0 Å². The number of benzene rings is 1. The summed E-state index contributed by atoms with van der Waals surface area (Å²) in [5.74, 6) is 0.533. The molecular formula is C16H28N2O. The average molecular weight is 264 g/mol. The van der Waals surface area contributed by atoms with Gasteiger partial charge in [-0.1, -0.05) is 44.2 Å². The minimum absolute atomic E-state index is 0.277. The summed E-state index contributed by atoms with van der Waals surface area (Å²) in [6.07, 6.45) is 0.857. The van der Waals surface area contributed by atoms with Crippen molar-refractivity contribution >= 4 is 0 Å². The van der Waals surface area contributed by atoms with Crippen LogP contribution in [0.2, 0.25) is 0 Å². The van der Waals surface area contributed by atoms with E-state index in [0.29, 0.717) is 12.0 Å². The van der Waals surface area contributed by atoms with Gasteiger partial charge in [-0.2, -0.15) is 0 Å². The Morgan fingerprint density at radius 2 is 1.95 bits per heavy atom. The van der Waals surface area contributed by atoms with Crippen LogP contribution in [0.25, 0.3) is 0 Å². The maximum absolute atomic E-state index is 8.94. The molecule has 0 amide bonds. The molecule has 0 fully saturated rings. The van der Waals surface area contributed by atoms with Gasteiger partial charge in [-0.3, -0.25) is 0 Å². The zero-order valence-corrected chi connectivity index (χ0v) is 12.5. The van der Waals surface area contributed by atoms with Crippen molar-refractivity contribution in [2.75, 3.05) is 33.3 Å². The van der Waals surface area contributed by atoms with Gasteiger partial charge < -0.3 is 15.3 Å². The Morgan fingerprint density at radius 1 is 1.26 bits per heavy atom. The van der Waals surface area contributed by atoms with Crippen molar-refractivity contribution < 1.29 is 5.11 Å². The van der Waals surface area contributed by atoms with Crippen molar-refractivity contribution in [1.82, 2.24) is 10.2 Å². The molecule has 0 aliphatic rings. The second kappa shape index (κ2) is 9.08. The fraction of sp³-hybridized carbons (Fsp3) is 0.625. The molecule has 2 unspecified atom stereocenters. The SMILES string of the molecule is CCN(CCCO)CC(C)C(NC)c1ccccc1. The molecule has 19 heavy (non-hydrogen) atoms. The second-order valence-electron chi connectivity index (χ2n) is 5.12. The lowest BCUT2D eigenvalue weighted by Gasteiger charge is -2.30. The van der Waals surface area contributed by atoms with Gasteiger partial charge in [0, 0.05) is 25.7 Å². The van der Waals surface area contributed by atoms with Gasteiger partial charge in [0.2, 0.25) is 0 Å². The zero-order valence-electron chi connectivity index (χ0n) is 12.5. The molecule has 0 saturated carbocycles. The fourth-order valence-corrected chi connectivity index (χ4v) is 2.63. The number of hydrogen-bond donors (Lipinski definition) is 2. The molecular weight excluding hydrogens is 236 g/mol. The molecule has 0 saturated heterocycles. The first-order chi connectivity index (χ1) is 9.22. The highest BCUT2D eigenvalue weighted by Gasteiger charge is 2.19. The van der Waals surface area contributed by atoms with Crippen molar-refractivity contribution in [3.8, 4) is 0 Å². The lowest BCUT2D eigenvalue weighted by molar-refractivity contribution is 0.196. The summed E-state index contributed by atoms with van der Waals surface area (Å²) < 4.78 is 0. The summed E-state index contributed by atoms with van der Waals surface area (Å²) in [6, 6.07) is 11.0. The van der Waals surface area contributed by atoms with Crippen LogP contribution in [-0.4, -0.2) is 43.3 Å². The molecule has 2 atom stereocenters. The third-order valence-corrected chi connectivity index (χ3v) is 3.66. The molecule has 0 bridgehead atoms. The van der Waals surface area contributed by atoms with E-state index in [0.717, 1.165) is 26.1 Å². The normalized spacial score (nSPS) is 14.6. The first kappa shape index (κ1) is 16.2. The lowest BCUT2D eigenvalue weighted by atomic mass is 9.94. The number of nitrogens with one attached hydrogen (secondary N) is 1. The third-order valence-electron chi connectivity index (χ3n) is 3.66.